The van der Waals surface area contributed by atoms with Gasteiger partial charge < -0.3 is 9.63 Å². The van der Waals surface area contributed by atoms with Crippen LogP contribution in [0.25, 0.3) is 0 Å². The van der Waals surface area contributed by atoms with E-state index in [2.05, 4.69) is 14.7 Å². The summed E-state index contributed by atoms with van der Waals surface area (Å²) in [5.74, 6) is -0.327. The summed E-state index contributed by atoms with van der Waals surface area (Å²) in [7, 11) is 0. The SMILES string of the molecule is Cc1c([O-])on[n+]1CCN1CCCC1.Cl. The third-order valence-corrected chi connectivity index (χ3v) is 2.73. The van der Waals surface area contributed by atoms with Crippen LogP contribution in [0, 0.1) is 6.92 Å². The Bertz CT molecular complexity index is 310. The number of hydrogen-bond acceptors (Lipinski definition) is 4. The van der Waals surface area contributed by atoms with Gasteiger partial charge in [-0.2, -0.15) is 0 Å². The van der Waals surface area contributed by atoms with Gasteiger partial charge >= 0.3 is 0 Å². The van der Waals surface area contributed by atoms with Crippen molar-refractivity contribution >= 4 is 12.4 Å². The maximum absolute atomic E-state index is 11.0. The van der Waals surface area contributed by atoms with E-state index in [0.29, 0.717) is 5.69 Å². The van der Waals surface area contributed by atoms with Crippen LogP contribution < -0.4 is 9.79 Å². The number of likely N-dealkylation sites (tertiary alicyclic amines) is 1. The molecule has 5 nitrogen and oxygen atoms in total. The highest BCUT2D eigenvalue weighted by Gasteiger charge is 2.16. The van der Waals surface area contributed by atoms with Crippen LogP contribution >= 0.6 is 12.4 Å². The predicted octanol–water partition coefficient (Wildman–Crippen LogP) is -0.138. The Morgan fingerprint density at radius 3 is 2.67 bits per heavy atom. The topological polar surface area (TPSA) is 56.2 Å². The fourth-order valence-corrected chi connectivity index (χ4v) is 1.77. The molecule has 1 fully saturated rings. The standard InChI is InChI=1S/C9H15N3O2.ClH/c1-8-9(13)14-10-12(8)7-6-11-4-2-3-5-11;/h2-7H2,1H3;1H. The van der Waals surface area contributed by atoms with Crippen LogP contribution in [0.4, 0.5) is 0 Å². The summed E-state index contributed by atoms with van der Waals surface area (Å²) in [6.07, 6.45) is 2.57. The van der Waals surface area contributed by atoms with Gasteiger partial charge in [0.1, 0.15) is 0 Å². The van der Waals surface area contributed by atoms with Gasteiger partial charge in [0.15, 0.2) is 12.5 Å². The van der Waals surface area contributed by atoms with Gasteiger partial charge in [0.2, 0.25) is 5.69 Å². The highest BCUT2D eigenvalue weighted by molar-refractivity contribution is 5.85. The number of aromatic nitrogens is 2. The van der Waals surface area contributed by atoms with Gasteiger partial charge in [-0.05, 0) is 25.9 Å². The lowest BCUT2D eigenvalue weighted by atomic mass is 10.4. The Morgan fingerprint density at radius 2 is 2.13 bits per heavy atom. The molecule has 0 bridgehead atoms. The minimum absolute atomic E-state index is 0. The largest absolute Gasteiger partial charge is 0.539 e. The van der Waals surface area contributed by atoms with Crippen LogP contribution in [0.2, 0.25) is 0 Å². The van der Waals surface area contributed by atoms with E-state index < -0.39 is 0 Å². The molecular weight excluding hydrogens is 218 g/mol. The van der Waals surface area contributed by atoms with Crippen molar-refractivity contribution < 1.29 is 14.3 Å². The Balaban J connectivity index is 0.00000112. The third kappa shape index (κ3) is 2.82. The molecule has 15 heavy (non-hydrogen) atoms. The Morgan fingerprint density at radius 1 is 1.47 bits per heavy atom. The lowest BCUT2D eigenvalue weighted by Gasteiger charge is -2.10. The molecule has 0 aliphatic carbocycles. The highest BCUT2D eigenvalue weighted by atomic mass is 35.5. The van der Waals surface area contributed by atoms with E-state index >= 15 is 0 Å². The van der Waals surface area contributed by atoms with Crippen LogP contribution in [0.3, 0.4) is 0 Å². The number of rotatable bonds is 3. The monoisotopic (exact) mass is 233 g/mol. The normalized spacial score (nSPS) is 16.6. The fraction of sp³-hybridized carbons (Fsp3) is 0.778. The van der Waals surface area contributed by atoms with Crippen molar-refractivity contribution in [3.63, 3.8) is 0 Å². The van der Waals surface area contributed by atoms with E-state index in [-0.39, 0.29) is 18.4 Å². The van der Waals surface area contributed by atoms with E-state index in [1.165, 1.54) is 25.9 Å². The summed E-state index contributed by atoms with van der Waals surface area (Å²) in [6, 6.07) is 0. The van der Waals surface area contributed by atoms with Crippen molar-refractivity contribution in [2.75, 3.05) is 19.6 Å². The summed E-state index contributed by atoms with van der Waals surface area (Å²) in [5, 5.41) is 14.7. The minimum Gasteiger partial charge on any atom is -0.539 e. The Labute approximate surface area is 95.1 Å². The molecule has 1 saturated heterocycles. The molecule has 2 heterocycles. The van der Waals surface area contributed by atoms with E-state index in [0.717, 1.165) is 13.1 Å². The van der Waals surface area contributed by atoms with Gasteiger partial charge in [-0.1, -0.05) is 4.68 Å². The van der Waals surface area contributed by atoms with Gasteiger partial charge in [-0.15, -0.1) is 12.4 Å². The van der Waals surface area contributed by atoms with E-state index in [1.807, 2.05) is 0 Å². The molecule has 0 radical (unpaired) electrons. The molecule has 1 aliphatic rings. The van der Waals surface area contributed by atoms with Crippen molar-refractivity contribution in [2.45, 2.75) is 26.3 Å². The molecular formula is C9H16ClN3O2. The van der Waals surface area contributed by atoms with Gasteiger partial charge in [-0.3, -0.25) is 4.90 Å². The number of halogens is 1. The molecule has 2 rings (SSSR count). The predicted molar refractivity (Wildman–Crippen MR) is 53.8 cm³/mol. The maximum atomic E-state index is 11.0. The summed E-state index contributed by atoms with van der Waals surface area (Å²) >= 11 is 0. The first-order valence-corrected chi connectivity index (χ1v) is 5.03. The molecule has 0 unspecified atom stereocenters. The minimum atomic E-state index is -0.327. The molecule has 1 aromatic rings. The molecule has 86 valence electrons. The highest BCUT2D eigenvalue weighted by Crippen LogP contribution is 2.07. The zero-order chi connectivity index (χ0) is 9.97. The summed E-state index contributed by atoms with van der Waals surface area (Å²) in [5.41, 5.74) is 0.587. The smallest absolute Gasteiger partial charge is 0.230 e. The molecule has 0 N–H and O–H groups in total. The maximum Gasteiger partial charge on any atom is 0.230 e. The molecule has 1 aliphatic heterocycles. The van der Waals surface area contributed by atoms with Crippen molar-refractivity contribution in [1.82, 2.24) is 10.2 Å². The lowest BCUT2D eigenvalue weighted by Crippen LogP contribution is -2.43. The van der Waals surface area contributed by atoms with Gasteiger partial charge in [0.25, 0.3) is 0 Å². The van der Waals surface area contributed by atoms with Crippen LogP contribution in [0.5, 0.6) is 5.95 Å². The molecule has 0 saturated carbocycles. The molecule has 0 aromatic carbocycles. The van der Waals surface area contributed by atoms with Crippen molar-refractivity contribution in [1.29, 1.82) is 0 Å². The average Bonchev–Trinajstić information content (AvgIpc) is 2.77. The molecule has 0 amide bonds. The first kappa shape index (κ1) is 12.3. The van der Waals surface area contributed by atoms with Crippen LogP contribution in [-0.2, 0) is 6.54 Å². The van der Waals surface area contributed by atoms with E-state index in [4.69, 9.17) is 0 Å². The summed E-state index contributed by atoms with van der Waals surface area (Å²) in [4.78, 5) is 2.38. The lowest BCUT2D eigenvalue weighted by molar-refractivity contribution is -0.766. The third-order valence-electron chi connectivity index (χ3n) is 2.73. The summed E-state index contributed by atoms with van der Waals surface area (Å²) in [6.45, 7) is 5.78. The van der Waals surface area contributed by atoms with Gasteiger partial charge in [0, 0.05) is 6.92 Å². The molecule has 0 atom stereocenters. The fourth-order valence-electron chi connectivity index (χ4n) is 1.77. The van der Waals surface area contributed by atoms with Gasteiger partial charge in [-0.25, -0.2) is 0 Å². The Kier molecular flexibility index (Phi) is 4.35. The zero-order valence-electron chi connectivity index (χ0n) is 8.81. The van der Waals surface area contributed by atoms with Gasteiger partial charge in [0.05, 0.1) is 11.8 Å². The quantitative estimate of drug-likeness (QED) is 0.682. The molecule has 6 heteroatoms. The zero-order valence-corrected chi connectivity index (χ0v) is 9.63. The second kappa shape index (κ2) is 5.32. The average molecular weight is 234 g/mol. The van der Waals surface area contributed by atoms with Crippen LogP contribution in [-0.4, -0.2) is 29.8 Å². The summed E-state index contributed by atoms with van der Waals surface area (Å²) < 4.78 is 6.19. The van der Waals surface area contributed by atoms with E-state index in [9.17, 15) is 5.11 Å². The van der Waals surface area contributed by atoms with Crippen molar-refractivity contribution in [2.24, 2.45) is 0 Å². The van der Waals surface area contributed by atoms with Crippen molar-refractivity contribution in [3.05, 3.63) is 5.69 Å². The number of hydrogen-bond donors (Lipinski definition) is 0. The number of nitrogens with zero attached hydrogens (tertiary/aromatic N) is 3. The second-order valence-corrected chi connectivity index (χ2v) is 3.72. The molecule has 0 spiro atoms. The van der Waals surface area contributed by atoms with Crippen molar-refractivity contribution in [3.8, 4) is 5.95 Å². The molecule has 1 aromatic heterocycles. The Hall–Kier alpha value is -0.810. The van der Waals surface area contributed by atoms with Crippen LogP contribution in [0.1, 0.15) is 18.5 Å². The first-order valence-electron chi connectivity index (χ1n) is 5.03. The van der Waals surface area contributed by atoms with Crippen LogP contribution in [0.15, 0.2) is 4.52 Å². The second-order valence-electron chi connectivity index (χ2n) is 3.72. The first-order chi connectivity index (χ1) is 6.77. The van der Waals surface area contributed by atoms with E-state index in [1.54, 1.807) is 11.6 Å².